The summed E-state index contributed by atoms with van der Waals surface area (Å²) in [6, 6.07) is -1.06. The van der Waals surface area contributed by atoms with E-state index < -0.39 is 38.9 Å². The summed E-state index contributed by atoms with van der Waals surface area (Å²) in [6.07, 6.45) is 3.71. The minimum absolute atomic E-state index is 0.666. The maximum absolute atomic E-state index is 12.2. The number of nitrogens with zero attached hydrogens (tertiary/aromatic N) is 1. The minimum Gasteiger partial charge on any atom is -0.465 e. The van der Waals surface area contributed by atoms with E-state index >= 15 is 0 Å². The summed E-state index contributed by atoms with van der Waals surface area (Å²) in [7, 11) is -5.84. The Kier molecular flexibility index (Phi) is 4.33. The molecule has 6 nitrogen and oxygen atoms in total. The molecule has 0 aromatic rings. The van der Waals surface area contributed by atoms with Crippen LogP contribution in [0.25, 0.3) is 0 Å². The Hall–Kier alpha value is -1.71. The van der Waals surface area contributed by atoms with Crippen LogP contribution in [0.1, 0.15) is 20.8 Å². The highest BCUT2D eigenvalue weighted by atomic mass is 32.2. The van der Waals surface area contributed by atoms with Gasteiger partial charge in [0.1, 0.15) is 0 Å². The normalized spacial score (nSPS) is 20.2. The smallest absolute Gasteiger partial charge is 0.465 e. The van der Waals surface area contributed by atoms with Crippen molar-refractivity contribution >= 4 is 16.2 Å². The van der Waals surface area contributed by atoms with Crippen molar-refractivity contribution in [2.45, 2.75) is 32.3 Å². The van der Waals surface area contributed by atoms with Crippen molar-refractivity contribution in [3.8, 4) is 0 Å². The minimum atomic E-state index is -5.84. The molecule has 1 aliphatic rings. The largest absolute Gasteiger partial charge is 0.534 e. The number of allylic oxidation sites excluding steroid dienone is 1. The molecular formula is C11H12F3NO5S. The molecule has 0 fully saturated rings. The second kappa shape index (κ2) is 5.24. The molecule has 0 aromatic carbocycles. The number of rotatable bonds is 2. The Morgan fingerprint density at radius 3 is 2.29 bits per heavy atom. The first-order valence-corrected chi connectivity index (χ1v) is 6.92. The first-order chi connectivity index (χ1) is 9.25. The van der Waals surface area contributed by atoms with E-state index in [0.717, 1.165) is 0 Å². The van der Waals surface area contributed by atoms with Crippen LogP contribution in [0.3, 0.4) is 0 Å². The van der Waals surface area contributed by atoms with Crippen LogP contribution in [-0.4, -0.2) is 36.1 Å². The van der Waals surface area contributed by atoms with Crippen molar-refractivity contribution in [2.75, 3.05) is 0 Å². The molecular weight excluding hydrogens is 315 g/mol. The summed E-state index contributed by atoms with van der Waals surface area (Å²) in [5.74, 6) is -0.759. The Bertz CT molecular complexity index is 586. The molecule has 2 radical (unpaired) electrons. The number of alkyl halides is 3. The van der Waals surface area contributed by atoms with Crippen molar-refractivity contribution in [1.82, 2.24) is 4.90 Å². The van der Waals surface area contributed by atoms with Crippen LogP contribution in [-0.2, 0) is 14.3 Å². The quantitative estimate of drug-likeness (QED) is 0.621. The second-order valence-electron chi connectivity index (χ2n) is 5.19. The Labute approximate surface area is 119 Å². The SMILES string of the molecule is CC(C)(C)C1[C]=C(OS(=O)(=O)C(F)(F)F)C=[C]N1C(=O)O. The fourth-order valence-corrected chi connectivity index (χ4v) is 1.85. The van der Waals surface area contributed by atoms with Crippen LogP contribution in [0, 0.1) is 17.7 Å². The fraction of sp³-hybridized carbons (Fsp3) is 0.545. The van der Waals surface area contributed by atoms with Crippen molar-refractivity contribution in [2.24, 2.45) is 5.41 Å². The lowest BCUT2D eigenvalue weighted by Gasteiger charge is -2.35. The molecule has 1 heterocycles. The molecule has 0 aliphatic carbocycles. The van der Waals surface area contributed by atoms with Gasteiger partial charge in [0.15, 0.2) is 5.76 Å². The summed E-state index contributed by atoms with van der Waals surface area (Å²) in [6.45, 7) is 4.80. The lowest BCUT2D eigenvalue weighted by Crippen LogP contribution is -2.45. The molecule has 21 heavy (non-hydrogen) atoms. The third-order valence-electron chi connectivity index (χ3n) is 2.38. The molecule has 1 unspecified atom stereocenters. The number of hydrogen-bond donors (Lipinski definition) is 1. The number of amides is 1. The van der Waals surface area contributed by atoms with Crippen molar-refractivity contribution < 1.29 is 35.7 Å². The summed E-state index contributed by atoms with van der Waals surface area (Å²) < 4.78 is 62.4. The molecule has 1 rings (SSSR count). The molecule has 1 amide bonds. The van der Waals surface area contributed by atoms with Gasteiger partial charge >= 0.3 is 21.7 Å². The molecule has 0 bridgehead atoms. The number of carboxylic acid groups (broad SMARTS) is 1. The van der Waals surface area contributed by atoms with Gasteiger partial charge in [-0.05, 0) is 5.41 Å². The molecule has 0 saturated carbocycles. The first kappa shape index (κ1) is 17.3. The van der Waals surface area contributed by atoms with Crippen LogP contribution in [0.15, 0.2) is 11.8 Å². The molecule has 1 N–H and O–H groups in total. The standard InChI is InChI=1S/C11H12F3NO5S/c1-10(2,3)8-6-7(4-5-15(8)9(16)17)20-21(18,19)11(12,13)14/h4,8H,1-3H3,(H,16,17). The highest BCUT2D eigenvalue weighted by Gasteiger charge is 2.49. The zero-order valence-corrected chi connectivity index (χ0v) is 12.0. The Balaban J connectivity index is 3.13. The topological polar surface area (TPSA) is 83.9 Å². The molecule has 10 heteroatoms. The summed E-state index contributed by atoms with van der Waals surface area (Å²) in [5.41, 5.74) is -6.35. The molecule has 0 spiro atoms. The maximum atomic E-state index is 12.2. The van der Waals surface area contributed by atoms with Gasteiger partial charge in [0, 0.05) is 12.2 Å². The Morgan fingerprint density at radius 2 is 1.90 bits per heavy atom. The lowest BCUT2D eigenvalue weighted by molar-refractivity contribution is -0.0521. The van der Waals surface area contributed by atoms with Crippen LogP contribution in [0.5, 0.6) is 0 Å². The van der Waals surface area contributed by atoms with Gasteiger partial charge in [-0.15, -0.1) is 0 Å². The summed E-state index contributed by atoms with van der Waals surface area (Å²) >= 11 is 0. The van der Waals surface area contributed by atoms with E-state index in [1.165, 1.54) is 0 Å². The number of hydrogen-bond acceptors (Lipinski definition) is 4. The van der Waals surface area contributed by atoms with Gasteiger partial charge in [0.25, 0.3) is 0 Å². The zero-order valence-electron chi connectivity index (χ0n) is 11.2. The Morgan fingerprint density at radius 1 is 1.38 bits per heavy atom. The summed E-state index contributed by atoms with van der Waals surface area (Å²) in [4.78, 5) is 11.7. The average molecular weight is 327 g/mol. The predicted molar refractivity (Wildman–Crippen MR) is 63.7 cm³/mol. The van der Waals surface area contributed by atoms with Crippen molar-refractivity contribution in [1.29, 1.82) is 0 Å². The molecule has 0 aromatic heterocycles. The van der Waals surface area contributed by atoms with E-state index in [2.05, 4.69) is 16.5 Å². The molecule has 1 atom stereocenters. The number of halogens is 3. The van der Waals surface area contributed by atoms with Gasteiger partial charge in [-0.3, -0.25) is 4.90 Å². The zero-order chi connectivity index (χ0) is 16.6. The summed E-state index contributed by atoms with van der Waals surface area (Å²) in [5, 5.41) is 8.98. The maximum Gasteiger partial charge on any atom is 0.534 e. The van der Waals surface area contributed by atoms with E-state index in [1.807, 2.05) is 0 Å². The van der Waals surface area contributed by atoms with E-state index in [-0.39, 0.29) is 0 Å². The van der Waals surface area contributed by atoms with Gasteiger partial charge in [-0.1, -0.05) is 20.8 Å². The van der Waals surface area contributed by atoms with Gasteiger partial charge in [0.05, 0.1) is 12.2 Å². The lowest BCUT2D eigenvalue weighted by atomic mass is 9.84. The van der Waals surface area contributed by atoms with Crippen molar-refractivity contribution in [3.05, 3.63) is 24.1 Å². The third-order valence-corrected chi connectivity index (χ3v) is 3.35. The third kappa shape index (κ3) is 3.90. The molecule has 118 valence electrons. The van der Waals surface area contributed by atoms with E-state index in [4.69, 9.17) is 5.11 Å². The molecule has 0 saturated heterocycles. The predicted octanol–water partition coefficient (Wildman–Crippen LogP) is 2.26. The fourth-order valence-electron chi connectivity index (χ4n) is 1.43. The van der Waals surface area contributed by atoms with E-state index in [0.29, 0.717) is 11.0 Å². The van der Waals surface area contributed by atoms with Crippen LogP contribution < -0.4 is 0 Å². The monoisotopic (exact) mass is 327 g/mol. The number of carbonyl (C=O) groups is 1. The molecule has 1 aliphatic heterocycles. The van der Waals surface area contributed by atoms with Gasteiger partial charge < -0.3 is 9.29 Å². The van der Waals surface area contributed by atoms with Crippen LogP contribution in [0.4, 0.5) is 18.0 Å². The van der Waals surface area contributed by atoms with Crippen molar-refractivity contribution in [3.63, 3.8) is 0 Å². The van der Waals surface area contributed by atoms with Crippen LogP contribution >= 0.6 is 0 Å². The van der Waals surface area contributed by atoms with Gasteiger partial charge in [-0.2, -0.15) is 21.6 Å². The highest BCUT2D eigenvalue weighted by molar-refractivity contribution is 7.87. The van der Waals surface area contributed by atoms with E-state index in [1.54, 1.807) is 20.8 Å². The van der Waals surface area contributed by atoms with Gasteiger partial charge in [-0.25, -0.2) is 4.79 Å². The first-order valence-electron chi connectivity index (χ1n) is 5.51. The highest BCUT2D eigenvalue weighted by Crippen LogP contribution is 2.32. The van der Waals surface area contributed by atoms with Gasteiger partial charge in [0.2, 0.25) is 0 Å². The second-order valence-corrected chi connectivity index (χ2v) is 6.72. The van der Waals surface area contributed by atoms with E-state index in [9.17, 15) is 26.4 Å². The average Bonchev–Trinajstić information content (AvgIpc) is 2.25. The van der Waals surface area contributed by atoms with Crippen LogP contribution in [0.2, 0.25) is 0 Å².